The highest BCUT2D eigenvalue weighted by molar-refractivity contribution is 5.85. The Labute approximate surface area is 95.0 Å². The molecule has 1 aromatic rings. The van der Waals surface area contributed by atoms with Crippen LogP contribution in [0.2, 0.25) is 0 Å². The van der Waals surface area contributed by atoms with Crippen molar-refractivity contribution in [3.63, 3.8) is 0 Å². The zero-order valence-electron chi connectivity index (χ0n) is 8.39. The monoisotopic (exact) mass is 230 g/mol. The molecule has 0 bridgehead atoms. The average Bonchev–Trinajstić information content (AvgIpc) is 2.19. The second-order valence-electron chi connectivity index (χ2n) is 3.13. The molecule has 1 aromatic carbocycles. The maximum absolute atomic E-state index is 10.6. The Morgan fingerprint density at radius 1 is 1.27 bits per heavy atom. The second-order valence-corrected chi connectivity index (χ2v) is 3.13. The molecule has 0 heterocycles. The third kappa shape index (κ3) is 4.27. The Morgan fingerprint density at radius 2 is 1.93 bits per heavy atom. The third-order valence-corrected chi connectivity index (χ3v) is 2.09. The van der Waals surface area contributed by atoms with E-state index < -0.39 is 0 Å². The fourth-order valence-corrected chi connectivity index (χ4v) is 1.36. The first-order chi connectivity index (χ1) is 6.75. The van der Waals surface area contributed by atoms with E-state index in [1.165, 1.54) is 6.07 Å². The number of aryl methyl sites for hydroxylation is 1. The van der Waals surface area contributed by atoms with Crippen LogP contribution in [-0.4, -0.2) is 11.5 Å². The molecule has 5 heteroatoms. The van der Waals surface area contributed by atoms with Crippen molar-refractivity contribution in [2.45, 2.75) is 19.3 Å². The molecule has 0 fully saturated rings. The van der Waals surface area contributed by atoms with Crippen LogP contribution in [0.15, 0.2) is 24.3 Å². The van der Waals surface area contributed by atoms with Crippen molar-refractivity contribution in [1.29, 1.82) is 0 Å². The van der Waals surface area contributed by atoms with Gasteiger partial charge in [0.1, 0.15) is 0 Å². The zero-order valence-corrected chi connectivity index (χ0v) is 9.20. The summed E-state index contributed by atoms with van der Waals surface area (Å²) in [4.78, 5) is 10.3. The summed E-state index contributed by atoms with van der Waals surface area (Å²) < 4.78 is 0. The minimum atomic E-state index is -0.336. The molecule has 15 heavy (non-hydrogen) atoms. The summed E-state index contributed by atoms with van der Waals surface area (Å²) in [6.07, 6.45) is 2.54. The van der Waals surface area contributed by atoms with Crippen LogP contribution in [-0.2, 0) is 6.42 Å². The van der Waals surface area contributed by atoms with Crippen LogP contribution in [0.5, 0.6) is 0 Å². The number of halogens is 1. The van der Waals surface area contributed by atoms with Gasteiger partial charge in [-0.3, -0.25) is 10.1 Å². The lowest BCUT2D eigenvalue weighted by molar-refractivity contribution is -0.385. The molecule has 0 aliphatic carbocycles. The fraction of sp³-hybridized carbons (Fsp3) is 0.400. The number of unbranched alkanes of at least 4 members (excludes halogenated alkanes) is 1. The smallest absolute Gasteiger partial charge is 0.272 e. The number of para-hydroxylation sites is 1. The van der Waals surface area contributed by atoms with E-state index in [1.807, 2.05) is 6.07 Å². The molecule has 0 aromatic heterocycles. The molecular formula is C10H15ClN2O2. The van der Waals surface area contributed by atoms with E-state index in [-0.39, 0.29) is 23.0 Å². The number of nitrogens with two attached hydrogens (primary N) is 1. The zero-order chi connectivity index (χ0) is 10.4. The maximum Gasteiger partial charge on any atom is 0.272 e. The van der Waals surface area contributed by atoms with Crippen molar-refractivity contribution in [3.8, 4) is 0 Å². The van der Waals surface area contributed by atoms with E-state index in [4.69, 9.17) is 5.73 Å². The van der Waals surface area contributed by atoms with E-state index in [2.05, 4.69) is 0 Å². The highest BCUT2D eigenvalue weighted by Gasteiger charge is 2.10. The number of nitrogens with zero attached hydrogens (tertiary/aromatic N) is 1. The molecular weight excluding hydrogens is 216 g/mol. The van der Waals surface area contributed by atoms with Gasteiger partial charge in [-0.25, -0.2) is 0 Å². The van der Waals surface area contributed by atoms with Crippen molar-refractivity contribution in [1.82, 2.24) is 0 Å². The molecule has 0 unspecified atom stereocenters. The lowest BCUT2D eigenvalue weighted by Gasteiger charge is -2.01. The number of hydrogen-bond acceptors (Lipinski definition) is 3. The average molecular weight is 231 g/mol. The summed E-state index contributed by atoms with van der Waals surface area (Å²) in [7, 11) is 0. The summed E-state index contributed by atoms with van der Waals surface area (Å²) in [5.74, 6) is 0. The van der Waals surface area contributed by atoms with Crippen molar-refractivity contribution in [2.75, 3.05) is 6.54 Å². The molecule has 2 N–H and O–H groups in total. The molecule has 0 atom stereocenters. The first-order valence-electron chi connectivity index (χ1n) is 4.68. The SMILES string of the molecule is Cl.NCCCCc1ccccc1[N+](=O)[O-]. The quantitative estimate of drug-likeness (QED) is 0.479. The van der Waals surface area contributed by atoms with Gasteiger partial charge in [0.2, 0.25) is 0 Å². The Hall–Kier alpha value is -1.13. The topological polar surface area (TPSA) is 69.2 Å². The number of rotatable bonds is 5. The number of hydrogen-bond donors (Lipinski definition) is 1. The van der Waals surface area contributed by atoms with Gasteiger partial charge < -0.3 is 5.73 Å². The molecule has 84 valence electrons. The number of benzene rings is 1. The maximum atomic E-state index is 10.6. The molecule has 0 radical (unpaired) electrons. The number of nitro benzene ring substituents is 1. The Bertz CT molecular complexity index is 318. The van der Waals surface area contributed by atoms with Crippen LogP contribution in [0.4, 0.5) is 5.69 Å². The predicted molar refractivity (Wildman–Crippen MR) is 62.3 cm³/mol. The summed E-state index contributed by atoms with van der Waals surface area (Å²) >= 11 is 0. The van der Waals surface area contributed by atoms with Gasteiger partial charge in [0.05, 0.1) is 4.92 Å². The second kappa shape index (κ2) is 7.20. The summed E-state index contributed by atoms with van der Waals surface area (Å²) in [5, 5.41) is 10.6. The largest absolute Gasteiger partial charge is 0.330 e. The Kier molecular flexibility index (Phi) is 6.66. The van der Waals surface area contributed by atoms with E-state index in [0.29, 0.717) is 6.54 Å². The van der Waals surface area contributed by atoms with Crippen LogP contribution < -0.4 is 5.73 Å². The highest BCUT2D eigenvalue weighted by atomic mass is 35.5. The predicted octanol–water partition coefficient (Wildman–Crippen LogP) is 2.30. The van der Waals surface area contributed by atoms with Gasteiger partial charge in [-0.05, 0) is 25.8 Å². The first kappa shape index (κ1) is 13.9. The van der Waals surface area contributed by atoms with Crippen LogP contribution in [0.3, 0.4) is 0 Å². The van der Waals surface area contributed by atoms with Gasteiger partial charge in [-0.1, -0.05) is 18.2 Å². The van der Waals surface area contributed by atoms with Crippen LogP contribution >= 0.6 is 12.4 Å². The van der Waals surface area contributed by atoms with Crippen molar-refractivity contribution >= 4 is 18.1 Å². The lowest BCUT2D eigenvalue weighted by atomic mass is 10.1. The van der Waals surface area contributed by atoms with Crippen molar-refractivity contribution in [2.24, 2.45) is 5.73 Å². The Morgan fingerprint density at radius 3 is 2.53 bits per heavy atom. The molecule has 0 amide bonds. The normalized spacial score (nSPS) is 9.40. The number of nitro groups is 1. The highest BCUT2D eigenvalue weighted by Crippen LogP contribution is 2.19. The molecule has 0 saturated carbocycles. The van der Waals surface area contributed by atoms with Gasteiger partial charge in [-0.2, -0.15) is 0 Å². The molecule has 1 rings (SSSR count). The van der Waals surface area contributed by atoms with E-state index in [9.17, 15) is 10.1 Å². The summed E-state index contributed by atoms with van der Waals surface area (Å²) in [5.41, 5.74) is 6.37. The first-order valence-corrected chi connectivity index (χ1v) is 4.68. The minimum Gasteiger partial charge on any atom is -0.330 e. The molecule has 4 nitrogen and oxygen atoms in total. The van der Waals surface area contributed by atoms with Crippen LogP contribution in [0.25, 0.3) is 0 Å². The van der Waals surface area contributed by atoms with E-state index in [0.717, 1.165) is 24.8 Å². The van der Waals surface area contributed by atoms with Crippen LogP contribution in [0, 0.1) is 10.1 Å². The minimum absolute atomic E-state index is 0. The van der Waals surface area contributed by atoms with Crippen molar-refractivity contribution in [3.05, 3.63) is 39.9 Å². The molecule has 0 aliphatic heterocycles. The summed E-state index contributed by atoms with van der Waals surface area (Å²) in [6.45, 7) is 0.640. The van der Waals surface area contributed by atoms with Gasteiger partial charge >= 0.3 is 0 Å². The fourth-order valence-electron chi connectivity index (χ4n) is 1.36. The lowest BCUT2D eigenvalue weighted by Crippen LogP contribution is -2.00. The molecule has 0 saturated heterocycles. The van der Waals surface area contributed by atoms with Gasteiger partial charge in [-0.15, -0.1) is 12.4 Å². The Balaban J connectivity index is 0.00000196. The van der Waals surface area contributed by atoms with Gasteiger partial charge in [0.15, 0.2) is 0 Å². The van der Waals surface area contributed by atoms with Gasteiger partial charge in [0, 0.05) is 11.6 Å². The van der Waals surface area contributed by atoms with Crippen LogP contribution in [0.1, 0.15) is 18.4 Å². The van der Waals surface area contributed by atoms with E-state index >= 15 is 0 Å². The van der Waals surface area contributed by atoms with E-state index in [1.54, 1.807) is 12.1 Å². The standard InChI is InChI=1S/C10H14N2O2.ClH/c11-8-4-3-6-9-5-1-2-7-10(9)12(13)14;/h1-2,5,7H,3-4,6,8,11H2;1H. The molecule has 0 spiro atoms. The van der Waals surface area contributed by atoms with Crippen molar-refractivity contribution < 1.29 is 4.92 Å². The third-order valence-electron chi connectivity index (χ3n) is 2.09. The summed E-state index contributed by atoms with van der Waals surface area (Å²) in [6, 6.07) is 6.85. The molecule has 0 aliphatic rings. The van der Waals surface area contributed by atoms with Gasteiger partial charge in [0.25, 0.3) is 5.69 Å².